The molecule has 0 aliphatic heterocycles. The van der Waals surface area contributed by atoms with Crippen molar-refractivity contribution in [2.24, 2.45) is 11.8 Å². The van der Waals surface area contributed by atoms with Gasteiger partial charge in [-0.1, -0.05) is 39.5 Å². The van der Waals surface area contributed by atoms with Crippen molar-refractivity contribution < 1.29 is 9.59 Å². The van der Waals surface area contributed by atoms with Crippen molar-refractivity contribution in [3.8, 4) is 0 Å². The molecular formula is C18H26N2O2. The molecule has 0 saturated heterocycles. The Bertz CT molecular complexity index is 502. The minimum absolute atomic E-state index is 0.00616. The van der Waals surface area contributed by atoms with Crippen molar-refractivity contribution >= 4 is 23.2 Å². The molecule has 0 spiro atoms. The van der Waals surface area contributed by atoms with Crippen LogP contribution >= 0.6 is 0 Å². The molecule has 0 aromatic heterocycles. The third kappa shape index (κ3) is 5.17. The molecule has 1 aromatic rings. The minimum atomic E-state index is -0.0463. The molecule has 0 heterocycles. The molecule has 0 bridgehead atoms. The van der Waals surface area contributed by atoms with Crippen LogP contribution in [0.4, 0.5) is 11.4 Å². The average molecular weight is 302 g/mol. The molecule has 2 rings (SSSR count). The van der Waals surface area contributed by atoms with Gasteiger partial charge in [-0.2, -0.15) is 0 Å². The lowest BCUT2D eigenvalue weighted by atomic mass is 10.0. The summed E-state index contributed by atoms with van der Waals surface area (Å²) in [5.74, 6) is 0.758. The molecular weight excluding hydrogens is 276 g/mol. The SMILES string of the molecule is CC(C)C(=O)Nc1ccc(NC(=O)CCC2CCCC2)cc1. The molecule has 1 saturated carbocycles. The molecule has 0 radical (unpaired) electrons. The van der Waals surface area contributed by atoms with E-state index in [-0.39, 0.29) is 17.7 Å². The highest BCUT2D eigenvalue weighted by Gasteiger charge is 2.16. The van der Waals surface area contributed by atoms with Crippen LogP contribution in [0.15, 0.2) is 24.3 Å². The fraction of sp³-hybridized carbons (Fsp3) is 0.556. The number of benzene rings is 1. The Morgan fingerprint density at radius 1 is 1.05 bits per heavy atom. The van der Waals surface area contributed by atoms with Crippen LogP contribution in [0.2, 0.25) is 0 Å². The number of amides is 2. The Balaban J connectivity index is 1.77. The summed E-state index contributed by atoms with van der Waals surface area (Å²) in [7, 11) is 0. The molecule has 0 unspecified atom stereocenters. The van der Waals surface area contributed by atoms with Crippen LogP contribution in [0.1, 0.15) is 52.4 Å². The van der Waals surface area contributed by atoms with E-state index in [1.807, 2.05) is 38.1 Å². The first-order chi connectivity index (χ1) is 10.5. The maximum absolute atomic E-state index is 11.9. The Kier molecular flexibility index (Phi) is 5.99. The van der Waals surface area contributed by atoms with Crippen molar-refractivity contribution in [2.75, 3.05) is 10.6 Å². The van der Waals surface area contributed by atoms with Gasteiger partial charge in [0.15, 0.2) is 0 Å². The smallest absolute Gasteiger partial charge is 0.226 e. The van der Waals surface area contributed by atoms with E-state index in [2.05, 4.69) is 10.6 Å². The molecule has 120 valence electrons. The second-order valence-corrected chi connectivity index (χ2v) is 6.46. The zero-order valence-electron chi connectivity index (χ0n) is 13.5. The Morgan fingerprint density at radius 3 is 2.14 bits per heavy atom. The predicted octanol–water partition coefficient (Wildman–Crippen LogP) is 4.19. The molecule has 1 aliphatic carbocycles. The molecule has 22 heavy (non-hydrogen) atoms. The van der Waals surface area contributed by atoms with Gasteiger partial charge in [-0.15, -0.1) is 0 Å². The first-order valence-corrected chi connectivity index (χ1v) is 8.25. The van der Waals surface area contributed by atoms with Gasteiger partial charge in [-0.25, -0.2) is 0 Å². The molecule has 1 aromatic carbocycles. The van der Waals surface area contributed by atoms with Gasteiger partial charge >= 0.3 is 0 Å². The van der Waals surface area contributed by atoms with E-state index in [0.29, 0.717) is 6.42 Å². The highest BCUT2D eigenvalue weighted by Crippen LogP contribution is 2.28. The van der Waals surface area contributed by atoms with Crippen molar-refractivity contribution in [1.29, 1.82) is 0 Å². The van der Waals surface area contributed by atoms with Crippen molar-refractivity contribution in [1.82, 2.24) is 0 Å². The molecule has 4 nitrogen and oxygen atoms in total. The first kappa shape index (κ1) is 16.5. The maximum Gasteiger partial charge on any atom is 0.226 e. The van der Waals surface area contributed by atoms with Crippen molar-refractivity contribution in [3.63, 3.8) is 0 Å². The molecule has 1 fully saturated rings. The maximum atomic E-state index is 11.9. The third-order valence-corrected chi connectivity index (χ3v) is 4.21. The Labute approximate surface area is 132 Å². The summed E-state index contributed by atoms with van der Waals surface area (Å²) in [5.41, 5.74) is 1.53. The summed E-state index contributed by atoms with van der Waals surface area (Å²) in [4.78, 5) is 23.5. The zero-order chi connectivity index (χ0) is 15.9. The second-order valence-electron chi connectivity index (χ2n) is 6.46. The number of nitrogens with one attached hydrogen (secondary N) is 2. The standard InChI is InChI=1S/C18H26N2O2/c1-13(2)18(22)20-16-10-8-15(9-11-16)19-17(21)12-7-14-5-3-4-6-14/h8-11,13-14H,3-7,12H2,1-2H3,(H,19,21)(H,20,22). The van der Waals surface area contributed by atoms with E-state index in [0.717, 1.165) is 23.7 Å². The van der Waals surface area contributed by atoms with E-state index in [4.69, 9.17) is 0 Å². The molecule has 1 aliphatic rings. The van der Waals surface area contributed by atoms with Gasteiger partial charge < -0.3 is 10.6 Å². The number of hydrogen-bond donors (Lipinski definition) is 2. The second kappa shape index (κ2) is 7.97. The van der Waals surface area contributed by atoms with E-state index in [1.54, 1.807) is 0 Å². The molecule has 2 amide bonds. The van der Waals surface area contributed by atoms with Crippen molar-refractivity contribution in [2.45, 2.75) is 52.4 Å². The zero-order valence-corrected chi connectivity index (χ0v) is 13.5. The normalized spacial score (nSPS) is 15.0. The first-order valence-electron chi connectivity index (χ1n) is 8.25. The van der Waals surface area contributed by atoms with Gasteiger partial charge in [0.1, 0.15) is 0 Å². The fourth-order valence-electron chi connectivity index (χ4n) is 2.78. The van der Waals surface area contributed by atoms with Gasteiger partial charge in [0, 0.05) is 23.7 Å². The fourth-order valence-corrected chi connectivity index (χ4v) is 2.78. The Hall–Kier alpha value is -1.84. The van der Waals surface area contributed by atoms with Crippen LogP contribution in [0.25, 0.3) is 0 Å². The number of carbonyl (C=O) groups is 2. The number of rotatable bonds is 6. The summed E-state index contributed by atoms with van der Waals surface area (Å²) < 4.78 is 0. The van der Waals surface area contributed by atoms with Gasteiger partial charge in [0.05, 0.1) is 0 Å². The monoisotopic (exact) mass is 302 g/mol. The third-order valence-electron chi connectivity index (χ3n) is 4.21. The van der Waals surface area contributed by atoms with E-state index >= 15 is 0 Å². The highest BCUT2D eigenvalue weighted by molar-refractivity contribution is 5.93. The highest BCUT2D eigenvalue weighted by atomic mass is 16.2. The summed E-state index contributed by atoms with van der Waals surface area (Å²) in [6.45, 7) is 3.71. The number of anilines is 2. The summed E-state index contributed by atoms with van der Waals surface area (Å²) in [5, 5.41) is 5.75. The largest absolute Gasteiger partial charge is 0.326 e. The lowest BCUT2D eigenvalue weighted by molar-refractivity contribution is -0.119. The lowest BCUT2D eigenvalue weighted by Gasteiger charge is -2.10. The summed E-state index contributed by atoms with van der Waals surface area (Å²) in [6, 6.07) is 7.27. The number of hydrogen-bond acceptors (Lipinski definition) is 2. The topological polar surface area (TPSA) is 58.2 Å². The van der Waals surface area contributed by atoms with Crippen LogP contribution in [-0.2, 0) is 9.59 Å². The van der Waals surface area contributed by atoms with Gasteiger partial charge in [-0.05, 0) is 36.6 Å². The predicted molar refractivity (Wildman–Crippen MR) is 89.7 cm³/mol. The van der Waals surface area contributed by atoms with Crippen LogP contribution in [0.3, 0.4) is 0 Å². The summed E-state index contributed by atoms with van der Waals surface area (Å²) in [6.07, 6.45) is 6.77. The Morgan fingerprint density at radius 2 is 1.59 bits per heavy atom. The molecule has 2 N–H and O–H groups in total. The molecule has 0 atom stereocenters. The molecule has 4 heteroatoms. The van der Waals surface area contributed by atoms with Gasteiger partial charge in [0.2, 0.25) is 11.8 Å². The van der Waals surface area contributed by atoms with E-state index in [9.17, 15) is 9.59 Å². The van der Waals surface area contributed by atoms with Gasteiger partial charge in [0.25, 0.3) is 0 Å². The van der Waals surface area contributed by atoms with Crippen LogP contribution < -0.4 is 10.6 Å². The van der Waals surface area contributed by atoms with Crippen molar-refractivity contribution in [3.05, 3.63) is 24.3 Å². The number of carbonyl (C=O) groups excluding carboxylic acids is 2. The lowest BCUT2D eigenvalue weighted by Crippen LogP contribution is -2.17. The average Bonchev–Trinajstić information content (AvgIpc) is 3.00. The minimum Gasteiger partial charge on any atom is -0.326 e. The van der Waals surface area contributed by atoms with E-state index < -0.39 is 0 Å². The van der Waals surface area contributed by atoms with Gasteiger partial charge in [-0.3, -0.25) is 9.59 Å². The van der Waals surface area contributed by atoms with Crippen LogP contribution in [-0.4, -0.2) is 11.8 Å². The van der Waals surface area contributed by atoms with E-state index in [1.165, 1.54) is 25.7 Å². The van der Waals surface area contributed by atoms with Crippen LogP contribution in [0, 0.1) is 11.8 Å². The quantitative estimate of drug-likeness (QED) is 0.827. The van der Waals surface area contributed by atoms with Crippen LogP contribution in [0.5, 0.6) is 0 Å². The summed E-state index contributed by atoms with van der Waals surface area (Å²) >= 11 is 0.